The molecule has 3 aromatic rings. The van der Waals surface area contributed by atoms with Crippen LogP contribution in [-0.4, -0.2) is 23.1 Å². The highest BCUT2D eigenvalue weighted by Gasteiger charge is 2.21. The molecule has 3 N–H and O–H groups in total. The number of benzene rings is 3. The van der Waals surface area contributed by atoms with Crippen LogP contribution in [0.25, 0.3) is 0 Å². The van der Waals surface area contributed by atoms with Gasteiger partial charge in [0.25, 0.3) is 0 Å². The zero-order chi connectivity index (χ0) is 21.5. The molecule has 0 aliphatic rings. The lowest BCUT2D eigenvalue weighted by Crippen LogP contribution is -2.16. The number of hydrogen-bond donors (Lipinski definition) is 3. The number of anilines is 4. The number of carbonyl (C=O) groups excluding carboxylic acids is 1. The van der Waals surface area contributed by atoms with Crippen molar-refractivity contribution in [3.8, 4) is 0 Å². The van der Waals surface area contributed by atoms with Gasteiger partial charge in [-0.3, -0.25) is 0 Å². The molecule has 154 valence electrons. The molecule has 0 bridgehead atoms. The molecule has 1 atom stereocenters. The van der Waals surface area contributed by atoms with Crippen LogP contribution in [0.5, 0.6) is 0 Å². The van der Waals surface area contributed by atoms with E-state index < -0.39 is 11.9 Å². The summed E-state index contributed by atoms with van der Waals surface area (Å²) in [5.41, 5.74) is 2.41. The van der Waals surface area contributed by atoms with E-state index in [1.54, 1.807) is 0 Å². The van der Waals surface area contributed by atoms with E-state index in [0.717, 1.165) is 5.69 Å². The third-order valence-electron chi connectivity index (χ3n) is 4.60. The summed E-state index contributed by atoms with van der Waals surface area (Å²) in [4.78, 5) is 24.8. The van der Waals surface area contributed by atoms with E-state index in [4.69, 9.17) is 4.74 Å². The van der Waals surface area contributed by atoms with Gasteiger partial charge in [0.1, 0.15) is 0 Å². The van der Waals surface area contributed by atoms with E-state index >= 15 is 0 Å². The van der Waals surface area contributed by atoms with Crippen LogP contribution in [0, 0.1) is 0 Å². The molecule has 0 fully saturated rings. The quantitative estimate of drug-likeness (QED) is 0.410. The average Bonchev–Trinajstić information content (AvgIpc) is 2.75. The molecule has 0 aromatic heterocycles. The Labute approximate surface area is 175 Å². The molecule has 3 rings (SSSR count). The number of aromatic carboxylic acids is 1. The normalized spacial score (nSPS) is 11.4. The Kier molecular flexibility index (Phi) is 6.70. The standard InChI is InChI=1S/C24H24N2O4/c1-3-16(2)30-24(29)20-15-21(25-17-10-6-4-7-11-17)19(23(27)28)14-22(20)26-18-12-8-5-9-13-18/h4-16,25-26H,3H2,1-2H3,(H,27,28). The van der Waals surface area contributed by atoms with Crippen LogP contribution in [0.3, 0.4) is 0 Å². The topological polar surface area (TPSA) is 87.7 Å². The predicted octanol–water partition coefficient (Wildman–Crippen LogP) is 5.83. The smallest absolute Gasteiger partial charge is 0.340 e. The van der Waals surface area contributed by atoms with Gasteiger partial charge in [-0.1, -0.05) is 43.3 Å². The van der Waals surface area contributed by atoms with Gasteiger partial charge in [-0.15, -0.1) is 0 Å². The van der Waals surface area contributed by atoms with Crippen molar-refractivity contribution >= 4 is 34.7 Å². The molecule has 0 spiro atoms. The van der Waals surface area contributed by atoms with Crippen molar-refractivity contribution in [3.63, 3.8) is 0 Å². The summed E-state index contributed by atoms with van der Waals surface area (Å²) in [6, 6.07) is 21.4. The minimum Gasteiger partial charge on any atom is -0.478 e. The molecular weight excluding hydrogens is 380 g/mol. The number of carboxylic acid groups (broad SMARTS) is 1. The third kappa shape index (κ3) is 5.17. The van der Waals surface area contributed by atoms with Gasteiger partial charge >= 0.3 is 11.9 Å². The van der Waals surface area contributed by atoms with Gasteiger partial charge in [0, 0.05) is 11.4 Å². The molecule has 0 heterocycles. The lowest BCUT2D eigenvalue weighted by molar-refractivity contribution is 0.0335. The maximum atomic E-state index is 12.9. The lowest BCUT2D eigenvalue weighted by atomic mass is 10.0. The minimum absolute atomic E-state index is 0.0392. The Morgan fingerprint density at radius 2 is 1.33 bits per heavy atom. The van der Waals surface area contributed by atoms with E-state index in [0.29, 0.717) is 23.5 Å². The fraction of sp³-hybridized carbons (Fsp3) is 0.167. The van der Waals surface area contributed by atoms with Crippen LogP contribution in [-0.2, 0) is 4.74 Å². The highest BCUT2D eigenvalue weighted by Crippen LogP contribution is 2.31. The zero-order valence-corrected chi connectivity index (χ0v) is 16.9. The highest BCUT2D eigenvalue weighted by atomic mass is 16.5. The summed E-state index contributed by atoms with van der Waals surface area (Å²) in [5.74, 6) is -1.62. The van der Waals surface area contributed by atoms with Crippen LogP contribution >= 0.6 is 0 Å². The second-order valence-corrected chi connectivity index (χ2v) is 6.85. The van der Waals surface area contributed by atoms with Gasteiger partial charge in [0.05, 0.1) is 28.6 Å². The van der Waals surface area contributed by atoms with Gasteiger partial charge < -0.3 is 20.5 Å². The molecule has 0 aliphatic carbocycles. The number of nitrogens with one attached hydrogen (secondary N) is 2. The van der Waals surface area contributed by atoms with E-state index in [1.807, 2.05) is 74.5 Å². The van der Waals surface area contributed by atoms with E-state index in [2.05, 4.69) is 10.6 Å². The number of esters is 1. The van der Waals surface area contributed by atoms with Crippen LogP contribution in [0.15, 0.2) is 72.8 Å². The van der Waals surface area contributed by atoms with Crippen LogP contribution in [0.2, 0.25) is 0 Å². The van der Waals surface area contributed by atoms with Crippen molar-refractivity contribution in [2.75, 3.05) is 10.6 Å². The average molecular weight is 404 g/mol. The van der Waals surface area contributed by atoms with Crippen molar-refractivity contribution in [2.45, 2.75) is 26.4 Å². The Hall–Kier alpha value is -3.80. The first-order valence-corrected chi connectivity index (χ1v) is 9.74. The van der Waals surface area contributed by atoms with Gasteiger partial charge in [-0.25, -0.2) is 9.59 Å². The molecule has 3 aromatic carbocycles. The maximum absolute atomic E-state index is 12.9. The summed E-state index contributed by atoms with van der Waals surface area (Å²) < 4.78 is 5.52. The molecule has 0 saturated heterocycles. The van der Waals surface area contributed by atoms with Crippen molar-refractivity contribution in [1.29, 1.82) is 0 Å². The summed E-state index contributed by atoms with van der Waals surface area (Å²) >= 11 is 0. The van der Waals surface area contributed by atoms with Crippen LogP contribution in [0.1, 0.15) is 41.0 Å². The highest BCUT2D eigenvalue weighted by molar-refractivity contribution is 6.04. The molecule has 30 heavy (non-hydrogen) atoms. The largest absolute Gasteiger partial charge is 0.478 e. The second kappa shape index (κ2) is 9.60. The van der Waals surface area contributed by atoms with E-state index in [-0.39, 0.29) is 17.2 Å². The van der Waals surface area contributed by atoms with E-state index in [1.165, 1.54) is 12.1 Å². The number of hydrogen-bond acceptors (Lipinski definition) is 5. The van der Waals surface area contributed by atoms with Crippen molar-refractivity contribution in [2.24, 2.45) is 0 Å². The third-order valence-corrected chi connectivity index (χ3v) is 4.60. The zero-order valence-electron chi connectivity index (χ0n) is 16.9. The number of carboxylic acids is 1. The number of para-hydroxylation sites is 2. The number of carbonyl (C=O) groups is 2. The monoisotopic (exact) mass is 404 g/mol. The summed E-state index contributed by atoms with van der Waals surface area (Å²) in [6.45, 7) is 3.74. The van der Waals surface area contributed by atoms with Crippen LogP contribution in [0.4, 0.5) is 22.7 Å². The molecule has 6 nitrogen and oxygen atoms in total. The first-order valence-electron chi connectivity index (χ1n) is 9.74. The molecular formula is C24H24N2O4. The van der Waals surface area contributed by atoms with Crippen molar-refractivity contribution < 1.29 is 19.4 Å². The Balaban J connectivity index is 2.08. The molecule has 0 amide bonds. The molecule has 0 saturated carbocycles. The van der Waals surface area contributed by atoms with E-state index in [9.17, 15) is 14.7 Å². The first kappa shape index (κ1) is 20.9. The van der Waals surface area contributed by atoms with Crippen molar-refractivity contribution in [3.05, 3.63) is 83.9 Å². The van der Waals surface area contributed by atoms with Gasteiger partial charge in [-0.05, 0) is 49.7 Å². The molecule has 0 aliphatic heterocycles. The minimum atomic E-state index is -1.11. The van der Waals surface area contributed by atoms with Gasteiger partial charge in [0.2, 0.25) is 0 Å². The van der Waals surface area contributed by atoms with Gasteiger partial charge in [0.15, 0.2) is 0 Å². The van der Waals surface area contributed by atoms with Crippen molar-refractivity contribution in [1.82, 2.24) is 0 Å². The fourth-order valence-electron chi connectivity index (χ4n) is 2.84. The van der Waals surface area contributed by atoms with Gasteiger partial charge in [-0.2, -0.15) is 0 Å². The number of rotatable bonds is 8. The fourth-order valence-corrected chi connectivity index (χ4v) is 2.84. The SMILES string of the molecule is CCC(C)OC(=O)c1cc(Nc2ccccc2)c(C(=O)O)cc1Nc1ccccc1. The first-order chi connectivity index (χ1) is 14.5. The number of ether oxygens (including phenoxy) is 1. The Morgan fingerprint density at radius 3 is 1.80 bits per heavy atom. The summed E-state index contributed by atoms with van der Waals surface area (Å²) in [7, 11) is 0. The van der Waals surface area contributed by atoms with Crippen LogP contribution < -0.4 is 10.6 Å². The second-order valence-electron chi connectivity index (χ2n) is 6.85. The Bertz CT molecular complexity index is 1020. The molecule has 1 unspecified atom stereocenters. The summed E-state index contributed by atoms with van der Waals surface area (Å²) in [6.07, 6.45) is 0.418. The summed E-state index contributed by atoms with van der Waals surface area (Å²) in [5, 5.41) is 16.0. The molecule has 6 heteroatoms. The maximum Gasteiger partial charge on any atom is 0.340 e. The Morgan fingerprint density at radius 1 is 0.867 bits per heavy atom. The predicted molar refractivity (Wildman–Crippen MR) is 118 cm³/mol. The lowest BCUT2D eigenvalue weighted by Gasteiger charge is -2.18. The molecule has 0 radical (unpaired) electrons.